The third-order valence-electron chi connectivity index (χ3n) is 5.40. The Morgan fingerprint density at radius 3 is 2.66 bits per heavy atom. The summed E-state index contributed by atoms with van der Waals surface area (Å²) >= 11 is 2.98. The lowest BCUT2D eigenvalue weighted by Gasteiger charge is -2.30. The molecule has 168 valence electrons. The first-order valence-corrected chi connectivity index (χ1v) is 13.6. The highest BCUT2D eigenvalue weighted by molar-refractivity contribution is 8.01. The number of nitrogens with zero attached hydrogens (tertiary/aromatic N) is 3. The average Bonchev–Trinajstić information content (AvgIpc) is 3.26. The standard InChI is InChI=1S/C23H25N3O3S3/c1-16-6-8-17(9-7-16)20-14-30-23(24-20)31-15-22(27)26-12-4-5-18-13-19(10-11-21(18)26)32(28,29)25(2)3/h6-11,13-14H,4-5,12,15H2,1-3H3. The largest absolute Gasteiger partial charge is 0.311 e. The van der Waals surface area contributed by atoms with Crippen LogP contribution in [0.25, 0.3) is 11.3 Å². The summed E-state index contributed by atoms with van der Waals surface area (Å²) in [6.07, 6.45) is 1.57. The van der Waals surface area contributed by atoms with E-state index in [4.69, 9.17) is 0 Å². The van der Waals surface area contributed by atoms with Crippen molar-refractivity contribution in [3.05, 3.63) is 59.0 Å². The molecule has 0 N–H and O–H groups in total. The quantitative estimate of drug-likeness (QED) is 0.481. The van der Waals surface area contributed by atoms with Crippen molar-refractivity contribution in [2.45, 2.75) is 29.0 Å². The molecule has 2 aromatic carbocycles. The van der Waals surface area contributed by atoms with Gasteiger partial charge in [0.15, 0.2) is 4.34 Å². The van der Waals surface area contributed by atoms with Crippen molar-refractivity contribution in [1.29, 1.82) is 0 Å². The molecule has 0 fully saturated rings. The van der Waals surface area contributed by atoms with Gasteiger partial charge in [-0.2, -0.15) is 0 Å². The third-order valence-corrected chi connectivity index (χ3v) is 9.22. The van der Waals surface area contributed by atoms with Gasteiger partial charge < -0.3 is 4.90 Å². The molecule has 0 saturated carbocycles. The van der Waals surface area contributed by atoms with Gasteiger partial charge in [-0.15, -0.1) is 11.3 Å². The minimum atomic E-state index is -3.50. The van der Waals surface area contributed by atoms with E-state index < -0.39 is 10.0 Å². The normalized spacial score (nSPS) is 13.9. The van der Waals surface area contributed by atoms with Gasteiger partial charge in [-0.25, -0.2) is 17.7 Å². The Kier molecular flexibility index (Phi) is 6.71. The van der Waals surface area contributed by atoms with Crippen LogP contribution in [-0.4, -0.2) is 50.0 Å². The maximum Gasteiger partial charge on any atom is 0.242 e. The van der Waals surface area contributed by atoms with Crippen molar-refractivity contribution in [3.63, 3.8) is 0 Å². The van der Waals surface area contributed by atoms with E-state index in [1.165, 1.54) is 47.1 Å². The predicted molar refractivity (Wildman–Crippen MR) is 131 cm³/mol. The van der Waals surface area contributed by atoms with E-state index in [0.29, 0.717) is 6.54 Å². The first-order chi connectivity index (χ1) is 15.3. The molecule has 4 rings (SSSR count). The zero-order chi connectivity index (χ0) is 22.9. The summed E-state index contributed by atoms with van der Waals surface area (Å²) in [6.45, 7) is 2.69. The van der Waals surface area contributed by atoms with Crippen LogP contribution >= 0.6 is 23.1 Å². The van der Waals surface area contributed by atoms with Crippen LogP contribution in [0.3, 0.4) is 0 Å². The molecule has 6 nitrogen and oxygen atoms in total. The van der Waals surface area contributed by atoms with Crippen LogP contribution in [0.2, 0.25) is 0 Å². The van der Waals surface area contributed by atoms with Gasteiger partial charge in [0.2, 0.25) is 15.9 Å². The summed E-state index contributed by atoms with van der Waals surface area (Å²) in [6, 6.07) is 13.3. The fraction of sp³-hybridized carbons (Fsp3) is 0.304. The Balaban J connectivity index is 1.46. The average molecular weight is 488 g/mol. The first-order valence-electron chi connectivity index (χ1n) is 10.3. The molecule has 0 aliphatic carbocycles. The highest BCUT2D eigenvalue weighted by Crippen LogP contribution is 2.32. The molecule has 32 heavy (non-hydrogen) atoms. The zero-order valence-electron chi connectivity index (χ0n) is 18.2. The van der Waals surface area contributed by atoms with Crippen molar-refractivity contribution in [2.24, 2.45) is 0 Å². The van der Waals surface area contributed by atoms with E-state index >= 15 is 0 Å². The Morgan fingerprint density at radius 2 is 1.94 bits per heavy atom. The van der Waals surface area contributed by atoms with Crippen LogP contribution < -0.4 is 4.90 Å². The molecule has 0 radical (unpaired) electrons. The fourth-order valence-corrected chi connectivity index (χ4v) is 6.25. The van der Waals surface area contributed by atoms with Crippen LogP contribution in [0, 0.1) is 6.92 Å². The lowest BCUT2D eigenvalue weighted by atomic mass is 10.0. The third kappa shape index (κ3) is 4.76. The Bertz CT molecular complexity index is 1230. The van der Waals surface area contributed by atoms with Crippen molar-refractivity contribution in [1.82, 2.24) is 9.29 Å². The number of amides is 1. The lowest BCUT2D eigenvalue weighted by molar-refractivity contribution is -0.116. The molecule has 1 aromatic heterocycles. The Morgan fingerprint density at radius 1 is 1.19 bits per heavy atom. The number of aryl methyl sites for hydroxylation is 2. The van der Waals surface area contributed by atoms with Gasteiger partial charge >= 0.3 is 0 Å². The maximum atomic E-state index is 13.0. The van der Waals surface area contributed by atoms with Gasteiger partial charge in [0.25, 0.3) is 0 Å². The van der Waals surface area contributed by atoms with Gasteiger partial charge in [0, 0.05) is 37.3 Å². The van der Waals surface area contributed by atoms with Crippen LogP contribution in [0.1, 0.15) is 17.5 Å². The van der Waals surface area contributed by atoms with Gasteiger partial charge in [0.1, 0.15) is 0 Å². The van der Waals surface area contributed by atoms with E-state index in [1.54, 1.807) is 23.1 Å². The van der Waals surface area contributed by atoms with E-state index in [0.717, 1.165) is 39.7 Å². The zero-order valence-corrected chi connectivity index (χ0v) is 20.7. The van der Waals surface area contributed by atoms with Gasteiger partial charge in [-0.05, 0) is 43.5 Å². The summed E-state index contributed by atoms with van der Waals surface area (Å²) in [4.78, 5) is 19.7. The molecule has 0 saturated heterocycles. The highest BCUT2D eigenvalue weighted by atomic mass is 32.2. The highest BCUT2D eigenvalue weighted by Gasteiger charge is 2.26. The first kappa shape index (κ1) is 23.0. The number of rotatable bonds is 6. The number of sulfonamides is 1. The number of hydrogen-bond acceptors (Lipinski definition) is 6. The number of aromatic nitrogens is 1. The van der Waals surface area contributed by atoms with Gasteiger partial charge in [-0.1, -0.05) is 41.6 Å². The lowest BCUT2D eigenvalue weighted by Crippen LogP contribution is -2.36. The Hall–Kier alpha value is -2.20. The van der Waals surface area contributed by atoms with Crippen molar-refractivity contribution >= 4 is 44.7 Å². The Labute approximate surface area is 197 Å². The van der Waals surface area contributed by atoms with Crippen LogP contribution in [-0.2, 0) is 21.2 Å². The molecule has 3 aromatic rings. The molecule has 0 unspecified atom stereocenters. The summed E-state index contributed by atoms with van der Waals surface area (Å²) in [5, 5.41) is 2.01. The second-order valence-corrected chi connectivity index (χ2v) is 12.1. The van der Waals surface area contributed by atoms with Crippen LogP contribution in [0.4, 0.5) is 5.69 Å². The van der Waals surface area contributed by atoms with E-state index in [9.17, 15) is 13.2 Å². The summed E-state index contributed by atoms with van der Waals surface area (Å²) in [5.41, 5.74) is 4.89. The monoisotopic (exact) mass is 487 g/mol. The maximum absolute atomic E-state index is 13.0. The topological polar surface area (TPSA) is 70.6 Å². The van der Waals surface area contributed by atoms with Crippen molar-refractivity contribution in [3.8, 4) is 11.3 Å². The van der Waals surface area contributed by atoms with Gasteiger partial charge in [-0.3, -0.25) is 4.79 Å². The number of carbonyl (C=O) groups excluding carboxylic acids is 1. The molecule has 1 aliphatic heterocycles. The summed E-state index contributed by atoms with van der Waals surface area (Å²) < 4.78 is 27.0. The molecule has 0 spiro atoms. The van der Waals surface area contributed by atoms with Crippen molar-refractivity contribution < 1.29 is 13.2 Å². The number of thiazole rings is 1. The van der Waals surface area contributed by atoms with E-state index in [1.807, 2.05) is 5.38 Å². The van der Waals surface area contributed by atoms with Crippen LogP contribution in [0.5, 0.6) is 0 Å². The van der Waals surface area contributed by atoms with Gasteiger partial charge in [0.05, 0.1) is 16.3 Å². The van der Waals surface area contributed by atoms with E-state index in [-0.39, 0.29) is 16.6 Å². The molecule has 9 heteroatoms. The second-order valence-electron chi connectivity index (χ2n) is 7.88. The summed E-state index contributed by atoms with van der Waals surface area (Å²) in [7, 11) is -0.461. The molecular weight excluding hydrogens is 462 g/mol. The number of anilines is 1. The molecule has 1 aliphatic rings. The minimum absolute atomic E-state index is 0.00579. The molecule has 1 amide bonds. The molecule has 0 atom stereocenters. The fourth-order valence-electron chi connectivity index (χ4n) is 3.59. The second kappa shape index (κ2) is 9.35. The minimum Gasteiger partial charge on any atom is -0.311 e. The number of thioether (sulfide) groups is 1. The predicted octanol–water partition coefficient (Wildman–Crippen LogP) is 4.44. The molecule has 2 heterocycles. The number of benzene rings is 2. The van der Waals surface area contributed by atoms with Crippen LogP contribution in [0.15, 0.2) is 57.1 Å². The smallest absolute Gasteiger partial charge is 0.242 e. The van der Waals surface area contributed by atoms with Crippen molar-refractivity contribution in [2.75, 3.05) is 31.3 Å². The van der Waals surface area contributed by atoms with E-state index in [2.05, 4.69) is 36.2 Å². The molecule has 0 bridgehead atoms. The molecular formula is C23H25N3O3S3. The number of carbonyl (C=O) groups is 1. The number of fused-ring (bicyclic) bond motifs is 1. The summed E-state index contributed by atoms with van der Waals surface area (Å²) in [5.74, 6) is 0.296. The number of hydrogen-bond donors (Lipinski definition) is 0. The SMILES string of the molecule is Cc1ccc(-c2csc(SCC(=O)N3CCCc4cc(S(=O)(=O)N(C)C)ccc43)n2)cc1.